The first-order valence-corrected chi connectivity index (χ1v) is 8.68. The van der Waals surface area contributed by atoms with Crippen LogP contribution in [-0.4, -0.2) is 60.1 Å². The number of hydrogen-bond acceptors (Lipinski definition) is 4. The van der Waals surface area contributed by atoms with Crippen molar-refractivity contribution in [3.63, 3.8) is 0 Å². The Morgan fingerprint density at radius 3 is 2.96 bits per heavy atom. The Bertz CT molecular complexity index is 816. The molecule has 6 nitrogen and oxygen atoms in total. The molecule has 0 bridgehead atoms. The molecule has 2 aromatic rings. The molecule has 2 fully saturated rings. The summed E-state index contributed by atoms with van der Waals surface area (Å²) in [5, 5.41) is 0. The van der Waals surface area contributed by atoms with Gasteiger partial charge >= 0.3 is 6.03 Å². The number of pyridine rings is 1. The summed E-state index contributed by atoms with van der Waals surface area (Å²) < 4.78 is 19.3. The number of amides is 2. The van der Waals surface area contributed by atoms with Crippen LogP contribution in [0.25, 0.3) is 0 Å². The largest absolute Gasteiger partial charge is 0.497 e. The normalized spacial score (nSPS) is 19.7. The highest BCUT2D eigenvalue weighted by molar-refractivity contribution is 5.78. The lowest BCUT2D eigenvalue weighted by Crippen LogP contribution is -2.52. The SMILES string of the molecule is COc1cccc(CN2C[C@@H]3CN(c4ccncc4F)CCN3C2=O)c1. The molecule has 1 atom stereocenters. The molecule has 0 radical (unpaired) electrons. The second-order valence-electron chi connectivity index (χ2n) is 6.63. The fourth-order valence-corrected chi connectivity index (χ4v) is 3.74. The summed E-state index contributed by atoms with van der Waals surface area (Å²) in [6.45, 7) is 3.03. The van der Waals surface area contributed by atoms with E-state index in [1.54, 1.807) is 19.4 Å². The fourth-order valence-electron chi connectivity index (χ4n) is 3.74. The third kappa shape index (κ3) is 3.05. The number of carbonyl (C=O) groups is 1. The quantitative estimate of drug-likeness (QED) is 0.844. The van der Waals surface area contributed by atoms with Gasteiger partial charge in [-0.1, -0.05) is 12.1 Å². The third-order valence-electron chi connectivity index (χ3n) is 5.03. The van der Waals surface area contributed by atoms with Crippen LogP contribution in [0.5, 0.6) is 5.75 Å². The first-order chi connectivity index (χ1) is 12.7. The molecule has 0 saturated carbocycles. The van der Waals surface area contributed by atoms with Gasteiger partial charge < -0.3 is 19.4 Å². The number of fused-ring (bicyclic) bond motifs is 1. The van der Waals surface area contributed by atoms with Gasteiger partial charge in [-0.15, -0.1) is 0 Å². The summed E-state index contributed by atoms with van der Waals surface area (Å²) in [5.41, 5.74) is 1.59. The average Bonchev–Trinajstić information content (AvgIpc) is 2.97. The van der Waals surface area contributed by atoms with Crippen molar-refractivity contribution in [1.29, 1.82) is 0 Å². The summed E-state index contributed by atoms with van der Waals surface area (Å²) in [6.07, 6.45) is 2.83. The van der Waals surface area contributed by atoms with Gasteiger partial charge in [0.2, 0.25) is 0 Å². The zero-order valence-corrected chi connectivity index (χ0v) is 14.6. The molecule has 4 rings (SSSR count). The topological polar surface area (TPSA) is 48.9 Å². The van der Waals surface area contributed by atoms with Crippen LogP contribution in [0.15, 0.2) is 42.7 Å². The van der Waals surface area contributed by atoms with Crippen LogP contribution in [0.1, 0.15) is 5.56 Å². The zero-order valence-electron chi connectivity index (χ0n) is 14.6. The average molecular weight is 356 g/mol. The highest BCUT2D eigenvalue weighted by atomic mass is 19.1. The summed E-state index contributed by atoms with van der Waals surface area (Å²) in [6, 6.07) is 9.56. The summed E-state index contributed by atoms with van der Waals surface area (Å²) >= 11 is 0. The number of aromatic nitrogens is 1. The lowest BCUT2D eigenvalue weighted by Gasteiger charge is -2.37. The number of urea groups is 1. The molecule has 0 aliphatic carbocycles. The highest BCUT2D eigenvalue weighted by Gasteiger charge is 2.40. The molecule has 1 aromatic heterocycles. The molecule has 26 heavy (non-hydrogen) atoms. The summed E-state index contributed by atoms with van der Waals surface area (Å²) in [4.78, 5) is 22.3. The van der Waals surface area contributed by atoms with E-state index in [4.69, 9.17) is 4.74 Å². The van der Waals surface area contributed by atoms with E-state index < -0.39 is 0 Å². The van der Waals surface area contributed by atoms with Gasteiger partial charge in [-0.05, 0) is 23.8 Å². The third-order valence-corrected chi connectivity index (χ3v) is 5.03. The van der Waals surface area contributed by atoms with Crippen LogP contribution < -0.4 is 9.64 Å². The predicted octanol–water partition coefficient (Wildman–Crippen LogP) is 2.36. The van der Waals surface area contributed by atoms with E-state index in [1.807, 2.05) is 39.0 Å². The monoisotopic (exact) mass is 356 g/mol. The Morgan fingerprint density at radius 2 is 2.15 bits per heavy atom. The number of hydrogen-bond donors (Lipinski definition) is 0. The van der Waals surface area contributed by atoms with Crippen LogP contribution in [0.2, 0.25) is 0 Å². The van der Waals surface area contributed by atoms with Crippen molar-refractivity contribution in [3.05, 3.63) is 54.1 Å². The van der Waals surface area contributed by atoms with Gasteiger partial charge in [0.15, 0.2) is 5.82 Å². The van der Waals surface area contributed by atoms with E-state index in [1.165, 1.54) is 6.20 Å². The molecule has 2 amide bonds. The van der Waals surface area contributed by atoms with E-state index >= 15 is 0 Å². The Balaban J connectivity index is 1.46. The number of anilines is 1. The highest BCUT2D eigenvalue weighted by Crippen LogP contribution is 2.27. The molecule has 0 N–H and O–H groups in total. The van der Waals surface area contributed by atoms with Crippen molar-refractivity contribution in [3.8, 4) is 5.75 Å². The lowest BCUT2D eigenvalue weighted by atomic mass is 10.1. The van der Waals surface area contributed by atoms with Crippen LogP contribution in [-0.2, 0) is 6.54 Å². The van der Waals surface area contributed by atoms with Gasteiger partial charge in [-0.2, -0.15) is 0 Å². The van der Waals surface area contributed by atoms with Crippen molar-refractivity contribution < 1.29 is 13.9 Å². The van der Waals surface area contributed by atoms with Crippen molar-refractivity contribution in [1.82, 2.24) is 14.8 Å². The fraction of sp³-hybridized carbons (Fsp3) is 0.368. The van der Waals surface area contributed by atoms with Crippen molar-refractivity contribution in [2.75, 3.05) is 38.2 Å². The van der Waals surface area contributed by atoms with Gasteiger partial charge in [0, 0.05) is 38.9 Å². The molecule has 0 unspecified atom stereocenters. The minimum Gasteiger partial charge on any atom is -0.497 e. The van der Waals surface area contributed by atoms with Crippen LogP contribution >= 0.6 is 0 Å². The molecule has 2 aliphatic rings. The first-order valence-electron chi connectivity index (χ1n) is 8.68. The molecule has 0 spiro atoms. The predicted molar refractivity (Wildman–Crippen MR) is 95.7 cm³/mol. The van der Waals surface area contributed by atoms with Gasteiger partial charge in [0.25, 0.3) is 0 Å². The number of nitrogens with zero attached hydrogens (tertiary/aromatic N) is 4. The van der Waals surface area contributed by atoms with E-state index in [-0.39, 0.29) is 17.9 Å². The van der Waals surface area contributed by atoms with Crippen molar-refractivity contribution in [2.45, 2.75) is 12.6 Å². The molecule has 2 saturated heterocycles. The molecular formula is C19H21FN4O2. The number of methoxy groups -OCH3 is 1. The molecule has 136 valence electrons. The number of halogens is 1. The van der Waals surface area contributed by atoms with E-state index in [0.717, 1.165) is 11.3 Å². The first kappa shape index (κ1) is 16.6. The number of rotatable bonds is 4. The van der Waals surface area contributed by atoms with Crippen LogP contribution in [0, 0.1) is 5.82 Å². The van der Waals surface area contributed by atoms with Gasteiger partial charge in [0.05, 0.1) is 25.0 Å². The minimum absolute atomic E-state index is 0.0488. The van der Waals surface area contributed by atoms with Crippen LogP contribution in [0.4, 0.5) is 14.9 Å². The zero-order chi connectivity index (χ0) is 18.1. The van der Waals surface area contributed by atoms with E-state index in [9.17, 15) is 9.18 Å². The smallest absolute Gasteiger partial charge is 0.320 e. The summed E-state index contributed by atoms with van der Waals surface area (Å²) in [7, 11) is 1.63. The molecule has 1 aromatic carbocycles. The number of benzene rings is 1. The Morgan fingerprint density at radius 1 is 1.27 bits per heavy atom. The molecule has 7 heteroatoms. The summed E-state index contributed by atoms with van der Waals surface area (Å²) in [5.74, 6) is 0.463. The Labute approximate surface area is 151 Å². The minimum atomic E-state index is -0.321. The van der Waals surface area contributed by atoms with Gasteiger partial charge in [-0.3, -0.25) is 4.98 Å². The molecule has 3 heterocycles. The second kappa shape index (κ2) is 6.82. The Hall–Kier alpha value is -2.83. The van der Waals surface area contributed by atoms with E-state index in [0.29, 0.717) is 38.4 Å². The molecule has 2 aliphatic heterocycles. The maximum Gasteiger partial charge on any atom is 0.320 e. The van der Waals surface area contributed by atoms with Crippen LogP contribution in [0.3, 0.4) is 0 Å². The lowest BCUT2D eigenvalue weighted by molar-refractivity contribution is 0.181. The number of piperazine rings is 1. The van der Waals surface area contributed by atoms with Crippen molar-refractivity contribution in [2.24, 2.45) is 0 Å². The molecular weight excluding hydrogens is 335 g/mol. The second-order valence-corrected chi connectivity index (χ2v) is 6.63. The number of carbonyl (C=O) groups excluding carboxylic acids is 1. The Kier molecular flexibility index (Phi) is 4.36. The van der Waals surface area contributed by atoms with Gasteiger partial charge in [0.1, 0.15) is 5.75 Å². The van der Waals surface area contributed by atoms with E-state index in [2.05, 4.69) is 4.98 Å². The van der Waals surface area contributed by atoms with Crippen molar-refractivity contribution >= 4 is 11.7 Å². The maximum absolute atomic E-state index is 14.0. The maximum atomic E-state index is 14.0. The van der Waals surface area contributed by atoms with Gasteiger partial charge in [-0.25, -0.2) is 9.18 Å². The number of ether oxygens (including phenoxy) is 1. The standard InChI is InChI=1S/C19H21FN4O2/c1-26-16-4-2-3-14(9-16)11-23-13-15-12-22(7-8-24(15)19(23)25)18-5-6-21-10-17(18)20/h2-6,9-10,15H,7-8,11-13H2,1H3/t15-/m0/s1.